The second kappa shape index (κ2) is 4.81. The highest BCUT2D eigenvalue weighted by Gasteiger charge is 2.26. The average Bonchev–Trinajstić information content (AvgIpc) is 3.02. The summed E-state index contributed by atoms with van der Waals surface area (Å²) >= 11 is 0. The largest absolute Gasteiger partial charge is 0.508 e. The maximum atomic E-state index is 9.90. The summed E-state index contributed by atoms with van der Waals surface area (Å²) in [6.07, 6.45) is 3.49. The van der Waals surface area contributed by atoms with Crippen molar-refractivity contribution in [1.29, 1.82) is 0 Å². The summed E-state index contributed by atoms with van der Waals surface area (Å²) < 4.78 is 5.80. The Balaban J connectivity index is 2.14. The molecule has 1 saturated carbocycles. The van der Waals surface area contributed by atoms with Gasteiger partial charge in [0.2, 0.25) is 0 Å². The van der Waals surface area contributed by atoms with Crippen LogP contribution in [0.3, 0.4) is 0 Å². The molecule has 1 aliphatic carbocycles. The Kier molecular flexibility index (Phi) is 3.53. The van der Waals surface area contributed by atoms with Gasteiger partial charge in [-0.2, -0.15) is 0 Å². The monoisotopic (exact) mass is 249 g/mol. The highest BCUT2D eigenvalue weighted by Crippen LogP contribution is 2.39. The summed E-state index contributed by atoms with van der Waals surface area (Å²) in [4.78, 5) is 0. The van der Waals surface area contributed by atoms with E-state index in [-0.39, 0.29) is 17.4 Å². The van der Waals surface area contributed by atoms with E-state index in [1.54, 1.807) is 12.1 Å². The van der Waals surface area contributed by atoms with E-state index in [1.807, 2.05) is 26.8 Å². The van der Waals surface area contributed by atoms with Gasteiger partial charge in [-0.3, -0.25) is 0 Å². The zero-order valence-electron chi connectivity index (χ0n) is 11.4. The van der Waals surface area contributed by atoms with Crippen molar-refractivity contribution >= 4 is 0 Å². The predicted octanol–water partition coefficient (Wildman–Crippen LogP) is 3.37. The van der Waals surface area contributed by atoms with Gasteiger partial charge in [0.1, 0.15) is 17.1 Å². The predicted molar refractivity (Wildman–Crippen MR) is 72.8 cm³/mol. The Morgan fingerprint density at radius 3 is 2.61 bits per heavy atom. The number of benzene rings is 1. The standard InChI is InChI=1S/C15H23NO2/c1-15(2,3)18-11-6-7-14(17)12(9-11)13(16)8-10-4-5-10/h6-7,9-10,13,17H,4-5,8,16H2,1-3H3/t13-/m0/s1. The molecule has 0 unspecified atom stereocenters. The van der Waals surface area contributed by atoms with Crippen LogP contribution in [-0.2, 0) is 0 Å². The average molecular weight is 249 g/mol. The van der Waals surface area contributed by atoms with Crippen molar-refractivity contribution in [3.8, 4) is 11.5 Å². The molecule has 0 spiro atoms. The number of aromatic hydroxyl groups is 1. The minimum atomic E-state index is -0.241. The molecular formula is C15H23NO2. The Labute approximate surface area is 109 Å². The first-order valence-electron chi connectivity index (χ1n) is 6.62. The highest BCUT2D eigenvalue weighted by atomic mass is 16.5. The van der Waals surface area contributed by atoms with Crippen molar-refractivity contribution in [2.45, 2.75) is 51.7 Å². The number of phenols is 1. The number of nitrogens with two attached hydrogens (primary N) is 1. The molecule has 1 aromatic carbocycles. The van der Waals surface area contributed by atoms with Crippen molar-refractivity contribution in [2.24, 2.45) is 11.7 Å². The van der Waals surface area contributed by atoms with Crippen LogP contribution in [0.25, 0.3) is 0 Å². The first-order chi connectivity index (χ1) is 8.35. The van der Waals surface area contributed by atoms with Crippen molar-refractivity contribution in [2.75, 3.05) is 0 Å². The van der Waals surface area contributed by atoms with E-state index in [4.69, 9.17) is 10.5 Å². The van der Waals surface area contributed by atoms with Gasteiger partial charge in [0, 0.05) is 11.6 Å². The van der Waals surface area contributed by atoms with E-state index in [2.05, 4.69) is 0 Å². The van der Waals surface area contributed by atoms with Crippen molar-refractivity contribution in [3.05, 3.63) is 23.8 Å². The van der Waals surface area contributed by atoms with Crippen LogP contribution >= 0.6 is 0 Å². The van der Waals surface area contributed by atoms with E-state index < -0.39 is 0 Å². The molecule has 1 aliphatic rings. The molecule has 0 radical (unpaired) electrons. The zero-order chi connectivity index (χ0) is 13.3. The summed E-state index contributed by atoms with van der Waals surface area (Å²) in [5.74, 6) is 1.78. The van der Waals surface area contributed by atoms with E-state index >= 15 is 0 Å². The van der Waals surface area contributed by atoms with Gasteiger partial charge < -0.3 is 15.6 Å². The topological polar surface area (TPSA) is 55.5 Å². The van der Waals surface area contributed by atoms with Gasteiger partial charge >= 0.3 is 0 Å². The maximum Gasteiger partial charge on any atom is 0.120 e. The molecule has 0 aromatic heterocycles. The van der Waals surface area contributed by atoms with Gasteiger partial charge in [-0.15, -0.1) is 0 Å². The molecular weight excluding hydrogens is 226 g/mol. The first kappa shape index (κ1) is 13.2. The number of phenolic OH excluding ortho intramolecular Hbond substituents is 1. The third-order valence-corrected chi connectivity index (χ3v) is 3.11. The number of hydrogen-bond acceptors (Lipinski definition) is 3. The Morgan fingerprint density at radius 1 is 1.39 bits per heavy atom. The minimum absolute atomic E-state index is 0.0963. The molecule has 1 atom stereocenters. The molecule has 18 heavy (non-hydrogen) atoms. The fraction of sp³-hybridized carbons (Fsp3) is 0.600. The third kappa shape index (κ3) is 3.64. The Bertz CT molecular complexity index is 419. The molecule has 100 valence electrons. The van der Waals surface area contributed by atoms with E-state index in [9.17, 15) is 5.11 Å². The van der Waals surface area contributed by atoms with Crippen LogP contribution in [-0.4, -0.2) is 10.7 Å². The lowest BCUT2D eigenvalue weighted by atomic mass is 10.0. The van der Waals surface area contributed by atoms with Crippen molar-refractivity contribution in [1.82, 2.24) is 0 Å². The summed E-state index contributed by atoms with van der Waals surface area (Å²) in [6, 6.07) is 5.23. The highest BCUT2D eigenvalue weighted by molar-refractivity contribution is 5.41. The Morgan fingerprint density at radius 2 is 2.06 bits per heavy atom. The third-order valence-electron chi connectivity index (χ3n) is 3.11. The van der Waals surface area contributed by atoms with Crippen LogP contribution in [0, 0.1) is 5.92 Å². The molecule has 0 aliphatic heterocycles. The van der Waals surface area contributed by atoms with Gasteiger partial charge in [0.15, 0.2) is 0 Å². The van der Waals surface area contributed by atoms with Crippen molar-refractivity contribution < 1.29 is 9.84 Å². The van der Waals surface area contributed by atoms with Gasteiger partial charge in [0.25, 0.3) is 0 Å². The van der Waals surface area contributed by atoms with Crippen LogP contribution in [0.4, 0.5) is 0 Å². The first-order valence-corrected chi connectivity index (χ1v) is 6.62. The van der Waals surface area contributed by atoms with E-state index in [1.165, 1.54) is 12.8 Å². The van der Waals surface area contributed by atoms with Gasteiger partial charge in [-0.25, -0.2) is 0 Å². The quantitative estimate of drug-likeness (QED) is 0.860. The Hall–Kier alpha value is -1.22. The van der Waals surface area contributed by atoms with E-state index in [0.717, 1.165) is 23.7 Å². The lowest BCUT2D eigenvalue weighted by molar-refractivity contribution is 0.130. The summed E-state index contributed by atoms with van der Waals surface area (Å²) in [6.45, 7) is 6.01. The van der Waals surface area contributed by atoms with E-state index in [0.29, 0.717) is 0 Å². The summed E-state index contributed by atoms with van der Waals surface area (Å²) in [7, 11) is 0. The molecule has 0 amide bonds. The smallest absolute Gasteiger partial charge is 0.120 e. The van der Waals surface area contributed by atoms with Crippen LogP contribution in [0.15, 0.2) is 18.2 Å². The van der Waals surface area contributed by atoms with Crippen LogP contribution in [0.5, 0.6) is 11.5 Å². The van der Waals surface area contributed by atoms with Crippen LogP contribution < -0.4 is 10.5 Å². The van der Waals surface area contributed by atoms with Crippen LogP contribution in [0.1, 0.15) is 51.6 Å². The van der Waals surface area contributed by atoms with Gasteiger partial charge in [-0.1, -0.05) is 12.8 Å². The number of ether oxygens (including phenoxy) is 1. The van der Waals surface area contributed by atoms with Crippen molar-refractivity contribution in [3.63, 3.8) is 0 Å². The number of rotatable bonds is 4. The fourth-order valence-electron chi connectivity index (χ4n) is 2.09. The molecule has 2 rings (SSSR count). The summed E-state index contributed by atoms with van der Waals surface area (Å²) in [5.41, 5.74) is 6.71. The normalized spacial score (nSPS) is 17.6. The minimum Gasteiger partial charge on any atom is -0.508 e. The maximum absolute atomic E-state index is 9.90. The molecule has 0 saturated heterocycles. The van der Waals surface area contributed by atoms with Crippen LogP contribution in [0.2, 0.25) is 0 Å². The molecule has 3 N–H and O–H groups in total. The molecule has 0 heterocycles. The molecule has 1 fully saturated rings. The summed E-state index contributed by atoms with van der Waals surface area (Å²) in [5, 5.41) is 9.90. The van der Waals surface area contributed by atoms with Gasteiger partial charge in [0.05, 0.1) is 0 Å². The second-order valence-electron chi connectivity index (χ2n) is 6.22. The second-order valence-corrected chi connectivity index (χ2v) is 6.22. The SMILES string of the molecule is CC(C)(C)Oc1ccc(O)c([C@@H](N)CC2CC2)c1. The molecule has 0 bridgehead atoms. The zero-order valence-corrected chi connectivity index (χ0v) is 11.4. The molecule has 3 nitrogen and oxygen atoms in total. The fourth-order valence-corrected chi connectivity index (χ4v) is 2.09. The molecule has 1 aromatic rings. The lowest BCUT2D eigenvalue weighted by Gasteiger charge is -2.22. The number of hydrogen-bond donors (Lipinski definition) is 2. The lowest BCUT2D eigenvalue weighted by Crippen LogP contribution is -2.23. The van der Waals surface area contributed by atoms with Gasteiger partial charge in [-0.05, 0) is 51.3 Å². The molecule has 3 heteroatoms.